The quantitative estimate of drug-likeness (QED) is 0.644. The molecule has 1 aromatic rings. The fourth-order valence-corrected chi connectivity index (χ4v) is 1.55. The van der Waals surface area contributed by atoms with Gasteiger partial charge in [-0.15, -0.1) is 0 Å². The van der Waals surface area contributed by atoms with Crippen molar-refractivity contribution in [3.05, 3.63) is 35.4 Å². The highest BCUT2D eigenvalue weighted by atomic mass is 14.2. The van der Waals surface area contributed by atoms with Gasteiger partial charge in [0, 0.05) is 0 Å². The molecular weight excluding hydrogens is 168 g/mol. The van der Waals surface area contributed by atoms with E-state index >= 15 is 0 Å². The maximum Gasteiger partial charge on any atom is -0.0132 e. The summed E-state index contributed by atoms with van der Waals surface area (Å²) in [5.41, 5.74) is 3.15. The summed E-state index contributed by atoms with van der Waals surface area (Å²) in [6, 6.07) is 9.08. The minimum atomic E-state index is 0.272. The van der Waals surface area contributed by atoms with Crippen LogP contribution in [0.5, 0.6) is 0 Å². The molecule has 0 bridgehead atoms. The Kier molecular flexibility index (Phi) is 3.36. The van der Waals surface area contributed by atoms with Crippen molar-refractivity contribution in [1.82, 2.24) is 0 Å². The molecule has 0 fully saturated rings. The van der Waals surface area contributed by atoms with Crippen molar-refractivity contribution in [3.63, 3.8) is 0 Å². The van der Waals surface area contributed by atoms with Crippen LogP contribution in [0, 0.1) is 0 Å². The molecule has 0 saturated heterocycles. The molecule has 1 aromatic carbocycles. The van der Waals surface area contributed by atoms with Crippen LogP contribution in [-0.4, -0.2) is 0 Å². The van der Waals surface area contributed by atoms with Crippen molar-refractivity contribution in [3.8, 4) is 0 Å². The van der Waals surface area contributed by atoms with Gasteiger partial charge in [-0.2, -0.15) is 0 Å². The van der Waals surface area contributed by atoms with Gasteiger partial charge in [0.2, 0.25) is 0 Å². The van der Waals surface area contributed by atoms with Crippen molar-refractivity contribution < 1.29 is 0 Å². The maximum absolute atomic E-state index is 2.28. The van der Waals surface area contributed by atoms with Gasteiger partial charge in [-0.05, 0) is 28.9 Å². The Balaban J connectivity index is 2.89. The zero-order chi connectivity index (χ0) is 10.8. The van der Waals surface area contributed by atoms with Crippen LogP contribution in [0.25, 0.3) is 0 Å². The van der Waals surface area contributed by atoms with E-state index in [1.54, 1.807) is 0 Å². The molecule has 0 radical (unpaired) electrons. The number of hydrogen-bond donors (Lipinski definition) is 0. The Morgan fingerprint density at radius 1 is 1.07 bits per heavy atom. The lowest BCUT2D eigenvalue weighted by molar-refractivity contribution is 0.589. The van der Waals surface area contributed by atoms with E-state index in [0.29, 0.717) is 5.92 Å². The van der Waals surface area contributed by atoms with Gasteiger partial charge in [0.15, 0.2) is 0 Å². The lowest BCUT2D eigenvalue weighted by atomic mass is 9.85. The topological polar surface area (TPSA) is 0 Å². The first-order valence-electron chi connectivity index (χ1n) is 5.55. The first kappa shape index (κ1) is 11.3. The normalized spacial score (nSPS) is 14.1. The molecule has 14 heavy (non-hydrogen) atoms. The van der Waals surface area contributed by atoms with E-state index in [1.165, 1.54) is 17.5 Å². The molecule has 0 amide bonds. The zero-order valence-electron chi connectivity index (χ0n) is 10.1. The molecule has 0 spiro atoms. The monoisotopic (exact) mass is 190 g/mol. The first-order valence-corrected chi connectivity index (χ1v) is 5.55. The minimum absolute atomic E-state index is 0.272. The summed E-state index contributed by atoms with van der Waals surface area (Å²) in [4.78, 5) is 0. The highest BCUT2D eigenvalue weighted by Crippen LogP contribution is 2.25. The average Bonchev–Trinajstić information content (AvgIpc) is 2.15. The standard InChI is InChI=1S/C14H22/c1-6-11(2)12-7-9-13(10-8-12)14(3,4)5/h7-11H,6H2,1-5H3/t11-/m1/s1. The van der Waals surface area contributed by atoms with Gasteiger partial charge in [0.05, 0.1) is 0 Å². The second-order valence-corrected chi connectivity index (χ2v) is 5.18. The molecule has 0 saturated carbocycles. The predicted octanol–water partition coefficient (Wildman–Crippen LogP) is 4.50. The highest BCUT2D eigenvalue weighted by Gasteiger charge is 2.13. The lowest BCUT2D eigenvalue weighted by Crippen LogP contribution is -2.10. The van der Waals surface area contributed by atoms with Crippen molar-refractivity contribution in [1.29, 1.82) is 0 Å². The molecule has 0 heteroatoms. The fraction of sp³-hybridized carbons (Fsp3) is 0.571. The third-order valence-electron chi connectivity index (χ3n) is 2.96. The van der Waals surface area contributed by atoms with E-state index in [0.717, 1.165) is 0 Å². The number of hydrogen-bond acceptors (Lipinski definition) is 0. The van der Waals surface area contributed by atoms with Gasteiger partial charge < -0.3 is 0 Å². The molecule has 1 atom stereocenters. The highest BCUT2D eigenvalue weighted by molar-refractivity contribution is 5.29. The molecule has 0 nitrogen and oxygen atoms in total. The summed E-state index contributed by atoms with van der Waals surface area (Å²) >= 11 is 0. The smallest absolute Gasteiger partial charge is 0.0132 e. The molecule has 78 valence electrons. The Hall–Kier alpha value is -0.780. The van der Waals surface area contributed by atoms with E-state index < -0.39 is 0 Å². The molecule has 0 heterocycles. The van der Waals surface area contributed by atoms with Crippen LogP contribution >= 0.6 is 0 Å². The van der Waals surface area contributed by atoms with E-state index in [2.05, 4.69) is 58.9 Å². The lowest BCUT2D eigenvalue weighted by Gasteiger charge is -2.20. The third kappa shape index (κ3) is 2.60. The second-order valence-electron chi connectivity index (χ2n) is 5.18. The third-order valence-corrected chi connectivity index (χ3v) is 2.96. The molecule has 0 unspecified atom stereocenters. The zero-order valence-corrected chi connectivity index (χ0v) is 10.1. The fourth-order valence-electron chi connectivity index (χ4n) is 1.55. The Labute approximate surface area is 88.4 Å². The van der Waals surface area contributed by atoms with Crippen molar-refractivity contribution in [2.45, 2.75) is 52.4 Å². The Morgan fingerprint density at radius 2 is 1.57 bits per heavy atom. The molecule has 1 rings (SSSR count). The summed E-state index contributed by atoms with van der Waals surface area (Å²) in [5.74, 6) is 0.684. The van der Waals surface area contributed by atoms with Gasteiger partial charge in [-0.25, -0.2) is 0 Å². The number of rotatable bonds is 2. The van der Waals surface area contributed by atoms with Gasteiger partial charge in [0.1, 0.15) is 0 Å². The van der Waals surface area contributed by atoms with Crippen LogP contribution in [0.15, 0.2) is 24.3 Å². The summed E-state index contributed by atoms with van der Waals surface area (Å²) < 4.78 is 0. The average molecular weight is 190 g/mol. The van der Waals surface area contributed by atoms with Crippen LogP contribution in [0.4, 0.5) is 0 Å². The first-order chi connectivity index (χ1) is 6.45. The largest absolute Gasteiger partial charge is 0.0648 e. The summed E-state index contributed by atoms with van der Waals surface area (Å²) in [5, 5.41) is 0. The molecule has 0 aliphatic heterocycles. The Morgan fingerprint density at radius 3 is 1.93 bits per heavy atom. The van der Waals surface area contributed by atoms with Crippen LogP contribution in [-0.2, 0) is 5.41 Å². The second kappa shape index (κ2) is 4.16. The van der Waals surface area contributed by atoms with Crippen molar-refractivity contribution in [2.24, 2.45) is 0 Å². The van der Waals surface area contributed by atoms with E-state index in [9.17, 15) is 0 Å². The Bertz CT molecular complexity index is 274. The maximum atomic E-state index is 2.28. The van der Waals surface area contributed by atoms with Crippen molar-refractivity contribution >= 4 is 0 Å². The summed E-state index contributed by atoms with van der Waals surface area (Å²) in [7, 11) is 0. The van der Waals surface area contributed by atoms with Gasteiger partial charge in [0.25, 0.3) is 0 Å². The summed E-state index contributed by atoms with van der Waals surface area (Å²) in [6.07, 6.45) is 1.22. The summed E-state index contributed by atoms with van der Waals surface area (Å²) in [6.45, 7) is 11.3. The van der Waals surface area contributed by atoms with Crippen LogP contribution in [0.2, 0.25) is 0 Å². The number of benzene rings is 1. The molecular formula is C14H22. The van der Waals surface area contributed by atoms with E-state index in [4.69, 9.17) is 0 Å². The molecule has 0 aromatic heterocycles. The van der Waals surface area contributed by atoms with E-state index in [-0.39, 0.29) is 5.41 Å². The SMILES string of the molecule is CC[C@@H](C)c1ccc(C(C)(C)C)cc1. The van der Waals surface area contributed by atoms with Crippen LogP contribution in [0.3, 0.4) is 0 Å². The molecule has 0 aliphatic carbocycles. The van der Waals surface area contributed by atoms with Crippen LogP contribution < -0.4 is 0 Å². The van der Waals surface area contributed by atoms with Gasteiger partial charge in [-0.3, -0.25) is 0 Å². The van der Waals surface area contributed by atoms with Crippen molar-refractivity contribution in [2.75, 3.05) is 0 Å². The van der Waals surface area contributed by atoms with Gasteiger partial charge in [-0.1, -0.05) is 58.9 Å². The molecule has 0 N–H and O–H groups in total. The predicted molar refractivity (Wildman–Crippen MR) is 63.8 cm³/mol. The minimum Gasteiger partial charge on any atom is -0.0648 e. The molecule has 0 aliphatic rings. The van der Waals surface area contributed by atoms with E-state index in [1.807, 2.05) is 0 Å². The van der Waals surface area contributed by atoms with Gasteiger partial charge >= 0.3 is 0 Å². The van der Waals surface area contributed by atoms with Crippen LogP contribution in [0.1, 0.15) is 58.1 Å².